The molecule has 8 nitrogen and oxygen atoms in total. The number of rotatable bonds is 6. The molecular weight excluding hydrogens is 354 g/mol. The first-order valence-corrected chi connectivity index (χ1v) is 8.36. The minimum absolute atomic E-state index is 0.144. The van der Waals surface area contributed by atoms with Gasteiger partial charge in [0.2, 0.25) is 5.91 Å². The molecule has 1 N–H and O–H groups in total. The number of amides is 1. The summed E-state index contributed by atoms with van der Waals surface area (Å²) in [4.78, 5) is 22.6. The minimum atomic E-state index is -0.546. The number of carbonyl (C=O) groups excluding carboxylic acids is 1. The number of benzene rings is 1. The quantitative estimate of drug-likeness (QED) is 0.474. The van der Waals surface area contributed by atoms with Crippen LogP contribution in [0.2, 0.25) is 5.02 Å². The molecular formula is C14H16ClN5O3S. The molecule has 0 spiro atoms. The molecule has 0 fully saturated rings. The van der Waals surface area contributed by atoms with Gasteiger partial charge < -0.3 is 9.88 Å². The first-order chi connectivity index (χ1) is 11.3. The predicted molar refractivity (Wildman–Crippen MR) is 92.5 cm³/mol. The summed E-state index contributed by atoms with van der Waals surface area (Å²) in [7, 11) is 0. The van der Waals surface area contributed by atoms with Gasteiger partial charge in [0, 0.05) is 18.2 Å². The van der Waals surface area contributed by atoms with Crippen molar-refractivity contribution < 1.29 is 9.72 Å². The van der Waals surface area contributed by atoms with Gasteiger partial charge in [-0.25, -0.2) is 0 Å². The number of anilines is 1. The zero-order valence-corrected chi connectivity index (χ0v) is 14.8. The molecule has 1 unspecified atom stereocenters. The Morgan fingerprint density at radius 2 is 2.12 bits per heavy atom. The molecule has 1 atom stereocenters. The molecule has 0 radical (unpaired) electrons. The van der Waals surface area contributed by atoms with Crippen LogP contribution in [-0.4, -0.2) is 30.8 Å². The van der Waals surface area contributed by atoms with E-state index in [1.165, 1.54) is 30.0 Å². The van der Waals surface area contributed by atoms with Crippen molar-refractivity contribution in [1.82, 2.24) is 14.8 Å². The number of non-ortho nitro benzene ring substituents is 1. The molecule has 0 aliphatic carbocycles. The van der Waals surface area contributed by atoms with Crippen molar-refractivity contribution in [2.75, 3.05) is 5.32 Å². The summed E-state index contributed by atoms with van der Waals surface area (Å²) < 4.78 is 1.86. The zero-order valence-electron chi connectivity index (χ0n) is 13.3. The Kier molecular flexibility index (Phi) is 5.79. The smallest absolute Gasteiger partial charge is 0.271 e. The van der Waals surface area contributed by atoms with Crippen molar-refractivity contribution in [1.29, 1.82) is 0 Å². The van der Waals surface area contributed by atoms with Crippen LogP contribution in [0.3, 0.4) is 0 Å². The lowest BCUT2D eigenvalue weighted by Gasteiger charge is -2.14. The van der Waals surface area contributed by atoms with Gasteiger partial charge in [0.25, 0.3) is 5.69 Å². The van der Waals surface area contributed by atoms with Crippen molar-refractivity contribution in [3.63, 3.8) is 0 Å². The number of nitro benzene ring substituents is 1. The average molecular weight is 370 g/mol. The molecule has 2 rings (SSSR count). The van der Waals surface area contributed by atoms with Crippen LogP contribution in [0.4, 0.5) is 11.4 Å². The number of nitrogens with one attached hydrogen (secondary N) is 1. The monoisotopic (exact) mass is 369 g/mol. The van der Waals surface area contributed by atoms with Gasteiger partial charge in [-0.3, -0.25) is 14.9 Å². The van der Waals surface area contributed by atoms with E-state index in [0.717, 1.165) is 0 Å². The Hall–Kier alpha value is -2.13. The van der Waals surface area contributed by atoms with Gasteiger partial charge in [0.1, 0.15) is 6.33 Å². The molecule has 1 aromatic heterocycles. The topological polar surface area (TPSA) is 103 Å². The SMILES string of the molecule is CC(Sc1nncn1C(C)C)C(=O)Nc1cc([N+](=O)[O-])ccc1Cl. The average Bonchev–Trinajstić information content (AvgIpc) is 2.97. The second-order valence-corrected chi connectivity index (χ2v) is 7.00. The van der Waals surface area contributed by atoms with E-state index in [0.29, 0.717) is 5.16 Å². The maximum Gasteiger partial charge on any atom is 0.271 e. The van der Waals surface area contributed by atoms with E-state index in [1.54, 1.807) is 13.3 Å². The number of halogens is 1. The van der Waals surface area contributed by atoms with Crippen LogP contribution < -0.4 is 5.32 Å². The number of hydrogen-bond acceptors (Lipinski definition) is 6. The molecule has 1 amide bonds. The van der Waals surface area contributed by atoms with Crippen LogP contribution in [0.5, 0.6) is 0 Å². The number of carbonyl (C=O) groups is 1. The fraction of sp³-hybridized carbons (Fsp3) is 0.357. The number of hydrogen-bond donors (Lipinski definition) is 1. The molecule has 1 heterocycles. The van der Waals surface area contributed by atoms with Crippen LogP contribution >= 0.6 is 23.4 Å². The number of thioether (sulfide) groups is 1. The van der Waals surface area contributed by atoms with E-state index >= 15 is 0 Å². The lowest BCUT2D eigenvalue weighted by Crippen LogP contribution is -2.23. The molecule has 0 aliphatic heterocycles. The van der Waals surface area contributed by atoms with E-state index in [9.17, 15) is 14.9 Å². The molecule has 2 aromatic rings. The van der Waals surface area contributed by atoms with Gasteiger partial charge in [0.05, 0.1) is 20.9 Å². The van der Waals surface area contributed by atoms with Crippen molar-refractivity contribution in [3.8, 4) is 0 Å². The summed E-state index contributed by atoms with van der Waals surface area (Å²) in [6.07, 6.45) is 1.61. The van der Waals surface area contributed by atoms with Crippen LogP contribution in [0.25, 0.3) is 0 Å². The highest BCUT2D eigenvalue weighted by Crippen LogP contribution is 2.29. The normalized spacial score (nSPS) is 12.2. The second kappa shape index (κ2) is 7.63. The Bertz CT molecular complexity index is 765. The predicted octanol–water partition coefficient (Wildman–Crippen LogP) is 3.54. The van der Waals surface area contributed by atoms with Crippen molar-refractivity contribution >= 4 is 40.6 Å². The molecule has 0 bridgehead atoms. The highest BCUT2D eigenvalue weighted by molar-refractivity contribution is 8.00. The summed E-state index contributed by atoms with van der Waals surface area (Å²) in [5.41, 5.74) is 0.0585. The fourth-order valence-electron chi connectivity index (χ4n) is 1.84. The Balaban J connectivity index is 2.10. The number of nitrogens with zero attached hydrogens (tertiary/aromatic N) is 4. The van der Waals surface area contributed by atoms with E-state index in [4.69, 9.17) is 11.6 Å². The molecule has 0 saturated carbocycles. The summed E-state index contributed by atoms with van der Waals surface area (Å²) in [6.45, 7) is 5.69. The highest BCUT2D eigenvalue weighted by atomic mass is 35.5. The number of nitro groups is 1. The van der Waals surface area contributed by atoms with Gasteiger partial charge in [-0.1, -0.05) is 23.4 Å². The third-order valence-corrected chi connectivity index (χ3v) is 4.57. The van der Waals surface area contributed by atoms with Gasteiger partial charge in [-0.05, 0) is 26.8 Å². The Morgan fingerprint density at radius 1 is 1.42 bits per heavy atom. The third kappa shape index (κ3) is 4.24. The third-order valence-electron chi connectivity index (χ3n) is 3.17. The maximum atomic E-state index is 12.3. The lowest BCUT2D eigenvalue weighted by atomic mass is 10.2. The van der Waals surface area contributed by atoms with Crippen molar-refractivity contribution in [2.24, 2.45) is 0 Å². The summed E-state index contributed by atoms with van der Waals surface area (Å²) in [5.74, 6) is -0.333. The molecule has 24 heavy (non-hydrogen) atoms. The first-order valence-electron chi connectivity index (χ1n) is 7.10. The molecule has 10 heteroatoms. The van der Waals surface area contributed by atoms with Crippen molar-refractivity contribution in [3.05, 3.63) is 39.7 Å². The van der Waals surface area contributed by atoms with Crippen LogP contribution in [0, 0.1) is 10.1 Å². The Labute approximate surface area is 147 Å². The zero-order chi connectivity index (χ0) is 17.9. The van der Waals surface area contributed by atoms with E-state index < -0.39 is 10.2 Å². The Morgan fingerprint density at radius 3 is 2.75 bits per heavy atom. The van der Waals surface area contributed by atoms with Gasteiger partial charge >= 0.3 is 0 Å². The maximum absolute atomic E-state index is 12.3. The highest BCUT2D eigenvalue weighted by Gasteiger charge is 2.20. The largest absolute Gasteiger partial charge is 0.324 e. The lowest BCUT2D eigenvalue weighted by molar-refractivity contribution is -0.384. The molecule has 1 aromatic carbocycles. The molecule has 0 saturated heterocycles. The summed E-state index contributed by atoms with van der Waals surface area (Å²) in [5, 5.41) is 21.7. The van der Waals surface area contributed by atoms with Gasteiger partial charge in [0.15, 0.2) is 5.16 Å². The minimum Gasteiger partial charge on any atom is -0.324 e. The van der Waals surface area contributed by atoms with E-state index in [1.807, 2.05) is 18.4 Å². The van der Waals surface area contributed by atoms with Crippen LogP contribution in [0.15, 0.2) is 29.7 Å². The van der Waals surface area contributed by atoms with Gasteiger partial charge in [-0.2, -0.15) is 0 Å². The van der Waals surface area contributed by atoms with Crippen LogP contribution in [0.1, 0.15) is 26.8 Å². The molecule has 128 valence electrons. The van der Waals surface area contributed by atoms with Crippen molar-refractivity contribution in [2.45, 2.75) is 37.2 Å². The molecule has 0 aliphatic rings. The first kappa shape index (κ1) is 18.2. The standard InChI is InChI=1S/C14H16ClN5O3S/c1-8(2)19-7-16-18-14(19)24-9(3)13(21)17-12-6-10(20(22)23)4-5-11(12)15/h4-9H,1-3H3,(H,17,21). The summed E-state index contributed by atoms with van der Waals surface area (Å²) in [6, 6.07) is 4.06. The van der Waals surface area contributed by atoms with E-state index in [-0.39, 0.29) is 28.3 Å². The summed E-state index contributed by atoms with van der Waals surface area (Å²) >= 11 is 7.24. The fourth-order valence-corrected chi connectivity index (χ4v) is 2.96. The van der Waals surface area contributed by atoms with E-state index in [2.05, 4.69) is 15.5 Å². The second-order valence-electron chi connectivity index (χ2n) is 5.29. The van der Waals surface area contributed by atoms with Crippen LogP contribution in [-0.2, 0) is 4.79 Å². The van der Waals surface area contributed by atoms with Gasteiger partial charge in [-0.15, -0.1) is 10.2 Å². The number of aromatic nitrogens is 3.